The van der Waals surface area contributed by atoms with Crippen LogP contribution in [0.5, 0.6) is 0 Å². The number of benzodiazepines with no additional fused rings is 1. The van der Waals surface area contributed by atoms with Crippen molar-refractivity contribution in [2.45, 2.75) is 11.7 Å². The lowest BCUT2D eigenvalue weighted by molar-refractivity contribution is -0.186. The number of anilines is 1. The molecule has 0 aromatic heterocycles. The van der Waals surface area contributed by atoms with Crippen molar-refractivity contribution in [1.29, 1.82) is 0 Å². The zero-order chi connectivity index (χ0) is 27.3. The Morgan fingerprint density at radius 1 is 1.00 bits per heavy atom. The van der Waals surface area contributed by atoms with E-state index in [1.54, 1.807) is 35.4 Å². The summed E-state index contributed by atoms with van der Waals surface area (Å²) in [5.41, 5.74) is 4.05. The van der Waals surface area contributed by atoms with Gasteiger partial charge >= 0.3 is 0 Å². The quantitative estimate of drug-likeness (QED) is 0.471. The molecule has 7 rings (SSSR count). The highest BCUT2D eigenvalue weighted by Crippen LogP contribution is 2.41. The summed E-state index contributed by atoms with van der Waals surface area (Å²) in [4.78, 5) is 32.3. The van der Waals surface area contributed by atoms with Gasteiger partial charge in [-0.15, -0.1) is 0 Å². The molecule has 9 nitrogen and oxygen atoms in total. The van der Waals surface area contributed by atoms with Gasteiger partial charge in [-0.1, -0.05) is 66.7 Å². The second kappa shape index (κ2) is 9.29. The second-order valence-corrected chi connectivity index (χ2v) is 10.5. The van der Waals surface area contributed by atoms with E-state index in [1.165, 1.54) is 6.07 Å². The molecular weight excluding hydrogens is 513 g/mol. The van der Waals surface area contributed by atoms with Crippen molar-refractivity contribution in [1.82, 2.24) is 15.8 Å². The number of para-hydroxylation sites is 1. The highest BCUT2D eigenvalue weighted by Gasteiger charge is 2.54. The molecule has 4 aliphatic heterocycles. The van der Waals surface area contributed by atoms with Crippen LogP contribution in [0, 0.1) is 11.2 Å². The molecule has 0 saturated carbocycles. The van der Waals surface area contributed by atoms with Gasteiger partial charge in [0.15, 0.2) is 5.54 Å². The summed E-state index contributed by atoms with van der Waals surface area (Å²) in [5.74, 6) is -1.32. The minimum absolute atomic E-state index is 0.0986. The number of ether oxygens (including phenoxy) is 2. The minimum atomic E-state index is -1.68. The second-order valence-electron chi connectivity index (χ2n) is 10.5. The maximum Gasteiger partial charge on any atom is 0.269 e. The van der Waals surface area contributed by atoms with Crippen LogP contribution in [-0.4, -0.2) is 55.1 Å². The first-order valence-corrected chi connectivity index (χ1v) is 13.0. The minimum Gasteiger partial charge on any atom is -0.477 e. The number of nitrogens with one attached hydrogen (secondary N) is 3. The molecule has 3 aromatic rings. The molecule has 3 aromatic carbocycles. The Kier molecular flexibility index (Phi) is 5.69. The third kappa shape index (κ3) is 3.95. The summed E-state index contributed by atoms with van der Waals surface area (Å²) in [6, 6.07) is 22.8. The fourth-order valence-electron chi connectivity index (χ4n) is 5.55. The summed E-state index contributed by atoms with van der Waals surface area (Å²) < 4.78 is 26.7. The Balaban J connectivity index is 1.27. The molecule has 2 amide bonds. The molecule has 0 aliphatic carbocycles. The van der Waals surface area contributed by atoms with Crippen molar-refractivity contribution in [3.05, 3.63) is 113 Å². The lowest BCUT2D eigenvalue weighted by Crippen LogP contribution is -2.62. The average Bonchev–Trinajstić information content (AvgIpc) is 3.28. The number of hydrogen-bond donors (Lipinski definition) is 3. The van der Waals surface area contributed by atoms with Crippen LogP contribution in [0.2, 0.25) is 0 Å². The van der Waals surface area contributed by atoms with E-state index < -0.39 is 29.3 Å². The number of amides is 2. The van der Waals surface area contributed by atoms with E-state index in [9.17, 15) is 9.59 Å². The Hall–Kier alpha value is -4.54. The molecule has 3 N–H and O–H groups in total. The first-order chi connectivity index (χ1) is 19.5. The maximum atomic E-state index is 15.3. The van der Waals surface area contributed by atoms with Crippen LogP contribution < -0.4 is 16.1 Å². The van der Waals surface area contributed by atoms with Crippen molar-refractivity contribution in [3.8, 4) is 0 Å². The average molecular weight is 540 g/mol. The number of hydrogen-bond acceptors (Lipinski definition) is 7. The first-order valence-electron chi connectivity index (χ1n) is 13.0. The van der Waals surface area contributed by atoms with Crippen molar-refractivity contribution < 1.29 is 23.5 Å². The van der Waals surface area contributed by atoms with Crippen LogP contribution in [0.1, 0.15) is 16.7 Å². The topological polar surface area (TPSA) is 104 Å². The van der Waals surface area contributed by atoms with E-state index >= 15 is 4.39 Å². The number of hydrazine groups is 1. The molecule has 0 radical (unpaired) electrons. The van der Waals surface area contributed by atoms with Gasteiger partial charge in [0.05, 0.1) is 36.6 Å². The summed E-state index contributed by atoms with van der Waals surface area (Å²) >= 11 is 0. The lowest BCUT2D eigenvalue weighted by Gasteiger charge is -2.47. The van der Waals surface area contributed by atoms with E-state index in [-0.39, 0.29) is 11.0 Å². The van der Waals surface area contributed by atoms with Gasteiger partial charge in [0, 0.05) is 22.8 Å². The molecule has 10 heteroatoms. The zero-order valence-electron chi connectivity index (χ0n) is 21.4. The van der Waals surface area contributed by atoms with Gasteiger partial charge in [0.2, 0.25) is 12.0 Å². The number of halogens is 1. The van der Waals surface area contributed by atoms with Gasteiger partial charge in [-0.2, -0.15) is 0 Å². The standard InChI is InChI=1S/C30H26FN5O4/c31-22-12-6-5-11-21(22)30(14-24-36(35-30)15-29(18-40-24)16-39-17-29)28(38)34-26-27(37)32-23-13-7-4-10-20(23)25(33-26)19-8-2-1-3-9-19/h1-14,26,35H,15-18H2,(H,32,37)(H,34,38)/t26-,30?/m1/s1. The van der Waals surface area contributed by atoms with Crippen molar-refractivity contribution in [3.63, 3.8) is 0 Å². The number of benzene rings is 3. The van der Waals surface area contributed by atoms with Gasteiger partial charge in [-0.3, -0.25) is 14.6 Å². The van der Waals surface area contributed by atoms with Crippen LogP contribution in [0.15, 0.2) is 95.8 Å². The van der Waals surface area contributed by atoms with Crippen LogP contribution in [0.3, 0.4) is 0 Å². The predicted octanol–water partition coefficient (Wildman–Crippen LogP) is 2.66. The number of rotatable bonds is 4. The third-order valence-corrected chi connectivity index (χ3v) is 7.67. The molecule has 40 heavy (non-hydrogen) atoms. The molecule has 0 bridgehead atoms. The summed E-state index contributed by atoms with van der Waals surface area (Å²) in [6.07, 6.45) is 0.280. The lowest BCUT2D eigenvalue weighted by atomic mass is 9.86. The van der Waals surface area contributed by atoms with Crippen molar-refractivity contribution in [2.24, 2.45) is 10.4 Å². The Morgan fingerprint density at radius 2 is 1.75 bits per heavy atom. The summed E-state index contributed by atoms with van der Waals surface area (Å²) in [6.45, 7) is 2.03. The number of fused-ring (bicyclic) bond motifs is 2. The zero-order valence-corrected chi connectivity index (χ0v) is 21.4. The third-order valence-electron chi connectivity index (χ3n) is 7.67. The number of aliphatic imine (C=N–C) groups is 1. The molecule has 2 saturated heterocycles. The SMILES string of the molecule is O=C1Nc2ccccc2C(c2ccccc2)=N[C@@H]1NC(=O)C1(c2ccccc2F)C=C2OCC3(COC3)CN2N1. The normalized spacial score (nSPS) is 24.4. The van der Waals surface area contributed by atoms with Crippen LogP contribution in [0.4, 0.5) is 10.1 Å². The van der Waals surface area contributed by atoms with Gasteiger partial charge in [0.1, 0.15) is 12.4 Å². The number of carbonyl (C=O) groups is 2. The number of nitrogens with zero attached hydrogens (tertiary/aromatic N) is 2. The Labute approximate surface area is 229 Å². The predicted molar refractivity (Wildman–Crippen MR) is 144 cm³/mol. The largest absolute Gasteiger partial charge is 0.477 e. The molecule has 4 aliphatic rings. The van der Waals surface area contributed by atoms with E-state index in [1.807, 2.05) is 48.5 Å². The van der Waals surface area contributed by atoms with Gasteiger partial charge < -0.3 is 20.1 Å². The van der Waals surface area contributed by atoms with Crippen molar-refractivity contribution >= 4 is 23.2 Å². The smallest absolute Gasteiger partial charge is 0.269 e. The van der Waals surface area contributed by atoms with Gasteiger partial charge in [-0.05, 0) is 12.1 Å². The molecule has 202 valence electrons. The van der Waals surface area contributed by atoms with E-state index in [2.05, 4.69) is 16.1 Å². The van der Waals surface area contributed by atoms with Gasteiger partial charge in [-0.25, -0.2) is 14.8 Å². The monoisotopic (exact) mass is 539 g/mol. The molecule has 1 spiro atoms. The first kappa shape index (κ1) is 24.5. The van der Waals surface area contributed by atoms with Crippen LogP contribution in [0.25, 0.3) is 0 Å². The van der Waals surface area contributed by atoms with E-state index in [0.29, 0.717) is 43.6 Å². The Bertz CT molecular complexity index is 1570. The Morgan fingerprint density at radius 3 is 2.52 bits per heavy atom. The van der Waals surface area contributed by atoms with Crippen LogP contribution in [-0.2, 0) is 24.6 Å². The molecule has 1 unspecified atom stereocenters. The molecule has 2 atom stereocenters. The number of carbonyl (C=O) groups excluding carboxylic acids is 2. The maximum absolute atomic E-state index is 15.3. The fraction of sp³-hybridized carbons (Fsp3) is 0.233. The highest BCUT2D eigenvalue weighted by molar-refractivity contribution is 6.20. The highest BCUT2D eigenvalue weighted by atomic mass is 19.1. The van der Waals surface area contributed by atoms with Gasteiger partial charge in [0.25, 0.3) is 11.8 Å². The summed E-state index contributed by atoms with van der Waals surface area (Å²) in [7, 11) is 0. The van der Waals surface area contributed by atoms with E-state index in [0.717, 1.165) is 11.1 Å². The fourth-order valence-corrected chi connectivity index (χ4v) is 5.55. The molecule has 2 fully saturated rings. The summed E-state index contributed by atoms with van der Waals surface area (Å²) in [5, 5.41) is 7.39. The van der Waals surface area contributed by atoms with Crippen molar-refractivity contribution in [2.75, 3.05) is 31.7 Å². The van der Waals surface area contributed by atoms with Crippen LogP contribution >= 0.6 is 0 Å². The van der Waals surface area contributed by atoms with E-state index in [4.69, 9.17) is 14.5 Å². The molecule has 4 heterocycles. The molecular formula is C30H26FN5O4.